The maximum Gasteiger partial charge on any atom is 0.379 e. The summed E-state index contributed by atoms with van der Waals surface area (Å²) in [6, 6.07) is 1.43. The zero-order chi connectivity index (χ0) is 9.90. The minimum Gasteiger partial charge on any atom is -0.211 e. The van der Waals surface area contributed by atoms with E-state index in [-0.39, 0.29) is 5.02 Å². The molecule has 68 valence electrons. The van der Waals surface area contributed by atoms with Crippen LogP contribution in [0.5, 0.6) is 0 Å². The quantitative estimate of drug-likeness (QED) is 0.413. The van der Waals surface area contributed by atoms with Crippen LogP contribution in [0, 0.1) is 0 Å². The molecule has 0 N–H and O–H groups in total. The molecule has 0 radical (unpaired) electrons. The van der Waals surface area contributed by atoms with Gasteiger partial charge in [0.05, 0.1) is 0 Å². The van der Waals surface area contributed by atoms with Gasteiger partial charge in [0.1, 0.15) is 0 Å². The molecule has 0 amide bonds. The summed E-state index contributed by atoms with van der Waals surface area (Å²) in [7, 11) is 0. The Morgan fingerprint density at radius 1 is 1.46 bits per heavy atom. The first kappa shape index (κ1) is 9.84. The van der Waals surface area contributed by atoms with Gasteiger partial charge in [0.15, 0.2) is 0 Å². The molecule has 0 atom stereocenters. The first-order chi connectivity index (χ1) is 6.06. The van der Waals surface area contributed by atoms with Crippen LogP contribution < -0.4 is 0 Å². The molecule has 0 fully saturated rings. The second-order valence-electron chi connectivity index (χ2n) is 2.25. The van der Waals surface area contributed by atoms with E-state index in [9.17, 15) is 13.6 Å². The van der Waals surface area contributed by atoms with Gasteiger partial charge in [-0.05, 0) is 12.1 Å². The molecule has 5 heteroatoms. The molecule has 0 aromatic heterocycles. The summed E-state index contributed by atoms with van der Waals surface area (Å²) in [5.41, 5.74) is -0.427. The summed E-state index contributed by atoms with van der Waals surface area (Å²) in [5, 5.41) is 0.165. The minimum atomic E-state index is -3.55. The molecule has 2 nitrogen and oxygen atoms in total. The Balaban J connectivity index is 3.13. The van der Waals surface area contributed by atoms with Crippen LogP contribution in [0.2, 0.25) is 5.02 Å². The van der Waals surface area contributed by atoms with Crippen molar-refractivity contribution in [2.75, 3.05) is 0 Å². The van der Waals surface area contributed by atoms with Gasteiger partial charge in [0.25, 0.3) is 0 Å². The van der Waals surface area contributed by atoms with Crippen LogP contribution in [0.3, 0.4) is 0 Å². The van der Waals surface area contributed by atoms with Gasteiger partial charge in [-0.1, -0.05) is 23.7 Å². The fourth-order valence-corrected chi connectivity index (χ4v) is 0.988. The van der Waals surface area contributed by atoms with E-state index in [0.717, 1.165) is 18.2 Å². The van der Waals surface area contributed by atoms with Crippen molar-refractivity contribution in [2.24, 2.45) is 4.99 Å². The Morgan fingerprint density at radius 2 is 2.15 bits per heavy atom. The average Bonchev–Trinajstić information content (AvgIpc) is 2.04. The van der Waals surface area contributed by atoms with E-state index < -0.39 is 11.6 Å². The highest BCUT2D eigenvalue weighted by Crippen LogP contribution is 2.30. The Bertz CT molecular complexity index is 361. The Kier molecular flexibility index (Phi) is 2.76. The zero-order valence-corrected chi connectivity index (χ0v) is 7.05. The number of benzene rings is 1. The lowest BCUT2D eigenvalue weighted by Gasteiger charge is -2.08. The molecule has 0 heterocycles. The molecule has 13 heavy (non-hydrogen) atoms. The number of aliphatic imine (C=N–C) groups is 1. The fourth-order valence-electron chi connectivity index (χ4n) is 0.797. The van der Waals surface area contributed by atoms with Gasteiger partial charge in [-0.2, -0.15) is 8.78 Å². The molecule has 0 aliphatic carbocycles. The second kappa shape index (κ2) is 3.64. The number of halogens is 3. The standard InChI is InChI=1S/C8H4ClF2NO/c9-7-3-1-2-6(4-7)8(10,11)12-5-13/h1-4H. The number of hydrogen-bond acceptors (Lipinski definition) is 2. The molecule has 0 saturated heterocycles. The summed E-state index contributed by atoms with van der Waals surface area (Å²) >= 11 is 5.48. The lowest BCUT2D eigenvalue weighted by Crippen LogP contribution is -2.08. The highest BCUT2D eigenvalue weighted by Gasteiger charge is 2.30. The first-order valence-electron chi connectivity index (χ1n) is 3.29. The SMILES string of the molecule is O=C=NC(F)(F)c1cccc(Cl)c1. The van der Waals surface area contributed by atoms with Gasteiger partial charge in [-0.15, -0.1) is 4.99 Å². The van der Waals surface area contributed by atoms with Crippen LogP contribution >= 0.6 is 11.6 Å². The van der Waals surface area contributed by atoms with E-state index >= 15 is 0 Å². The molecule has 0 aliphatic heterocycles. The predicted octanol–water partition coefficient (Wildman–Crippen LogP) is 2.73. The summed E-state index contributed by atoms with van der Waals surface area (Å²) in [5.74, 6) is 0. The topological polar surface area (TPSA) is 29.4 Å². The van der Waals surface area contributed by atoms with E-state index in [2.05, 4.69) is 4.99 Å². The van der Waals surface area contributed by atoms with Crippen LogP contribution in [-0.4, -0.2) is 6.08 Å². The van der Waals surface area contributed by atoms with Gasteiger partial charge in [0, 0.05) is 10.6 Å². The van der Waals surface area contributed by atoms with Crippen molar-refractivity contribution in [3.63, 3.8) is 0 Å². The third-order valence-electron chi connectivity index (χ3n) is 1.36. The largest absolute Gasteiger partial charge is 0.379 e. The van der Waals surface area contributed by atoms with Crippen molar-refractivity contribution in [3.05, 3.63) is 34.9 Å². The highest BCUT2D eigenvalue weighted by atomic mass is 35.5. The van der Waals surface area contributed by atoms with Crippen molar-refractivity contribution in [2.45, 2.75) is 6.05 Å². The average molecular weight is 204 g/mol. The van der Waals surface area contributed by atoms with Crippen LogP contribution in [0.15, 0.2) is 29.3 Å². The molecule has 0 spiro atoms. The lowest BCUT2D eigenvalue weighted by atomic mass is 10.2. The van der Waals surface area contributed by atoms with E-state index in [1.165, 1.54) is 12.1 Å². The van der Waals surface area contributed by atoms with E-state index in [1.807, 2.05) is 0 Å². The van der Waals surface area contributed by atoms with Crippen molar-refractivity contribution in [3.8, 4) is 0 Å². The fraction of sp³-hybridized carbons (Fsp3) is 0.125. The minimum absolute atomic E-state index is 0.165. The molecular formula is C8H4ClF2NO. The van der Waals surface area contributed by atoms with Crippen molar-refractivity contribution in [1.29, 1.82) is 0 Å². The van der Waals surface area contributed by atoms with Crippen molar-refractivity contribution in [1.82, 2.24) is 0 Å². The van der Waals surface area contributed by atoms with Crippen LogP contribution in [0.4, 0.5) is 8.78 Å². The molecule has 0 aliphatic rings. The van der Waals surface area contributed by atoms with Gasteiger partial charge in [-0.25, -0.2) is 4.79 Å². The third kappa shape index (κ3) is 2.34. The molecule has 0 saturated carbocycles. The second-order valence-corrected chi connectivity index (χ2v) is 2.69. The van der Waals surface area contributed by atoms with Gasteiger partial charge >= 0.3 is 6.05 Å². The summed E-state index contributed by atoms with van der Waals surface area (Å²) in [4.78, 5) is 12.0. The van der Waals surface area contributed by atoms with E-state index in [1.54, 1.807) is 0 Å². The normalized spacial score (nSPS) is 10.7. The molecular weight excluding hydrogens is 200 g/mol. The summed E-state index contributed by atoms with van der Waals surface area (Å²) < 4.78 is 25.7. The monoisotopic (exact) mass is 203 g/mol. The maximum absolute atomic E-state index is 12.8. The molecule has 1 aromatic carbocycles. The smallest absolute Gasteiger partial charge is 0.211 e. The molecule has 1 aromatic rings. The summed E-state index contributed by atoms with van der Waals surface area (Å²) in [6.07, 6.45) is 0.808. The van der Waals surface area contributed by atoms with Crippen LogP contribution in [-0.2, 0) is 10.8 Å². The summed E-state index contributed by atoms with van der Waals surface area (Å²) in [6.45, 7) is 0. The van der Waals surface area contributed by atoms with Crippen LogP contribution in [0.25, 0.3) is 0 Å². The number of carbonyl (C=O) groups excluding carboxylic acids is 1. The predicted molar refractivity (Wildman–Crippen MR) is 43.5 cm³/mol. The van der Waals surface area contributed by atoms with Gasteiger partial charge < -0.3 is 0 Å². The van der Waals surface area contributed by atoms with Crippen molar-refractivity contribution < 1.29 is 13.6 Å². The first-order valence-corrected chi connectivity index (χ1v) is 3.67. The molecule has 1 rings (SSSR count). The number of hydrogen-bond donors (Lipinski definition) is 0. The van der Waals surface area contributed by atoms with Crippen LogP contribution in [0.1, 0.15) is 5.56 Å². The lowest BCUT2D eigenvalue weighted by molar-refractivity contribution is 0.00618. The number of alkyl halides is 2. The highest BCUT2D eigenvalue weighted by molar-refractivity contribution is 6.30. The number of nitrogens with zero attached hydrogens (tertiary/aromatic N) is 1. The Hall–Kier alpha value is -1.25. The Morgan fingerprint density at radius 3 is 2.69 bits per heavy atom. The van der Waals surface area contributed by atoms with E-state index in [0.29, 0.717) is 0 Å². The van der Waals surface area contributed by atoms with Crippen molar-refractivity contribution >= 4 is 17.7 Å². The van der Waals surface area contributed by atoms with E-state index in [4.69, 9.17) is 11.6 Å². The van der Waals surface area contributed by atoms with Gasteiger partial charge in [-0.3, -0.25) is 0 Å². The molecule has 0 unspecified atom stereocenters. The number of rotatable bonds is 2. The third-order valence-corrected chi connectivity index (χ3v) is 1.59. The molecule has 0 bridgehead atoms. The Labute approximate surface area is 77.9 Å². The number of isocyanates is 1. The van der Waals surface area contributed by atoms with Gasteiger partial charge in [0.2, 0.25) is 6.08 Å². The maximum atomic E-state index is 12.8. The zero-order valence-electron chi connectivity index (χ0n) is 6.30.